The third kappa shape index (κ3) is 5.25. The molecule has 0 aliphatic rings. The molecule has 0 amide bonds. The molecule has 18 heavy (non-hydrogen) atoms. The summed E-state index contributed by atoms with van der Waals surface area (Å²) in [4.78, 5) is 0. The van der Waals surface area contributed by atoms with Gasteiger partial charge in [0.15, 0.2) is 0 Å². The van der Waals surface area contributed by atoms with E-state index in [1.807, 2.05) is 12.1 Å². The maximum atomic E-state index is 9.26. The van der Waals surface area contributed by atoms with Gasteiger partial charge in [0, 0.05) is 12.1 Å². The van der Waals surface area contributed by atoms with E-state index in [0.717, 1.165) is 12.1 Å². The van der Waals surface area contributed by atoms with Gasteiger partial charge >= 0.3 is 0 Å². The molecule has 0 heterocycles. The third-order valence-electron chi connectivity index (χ3n) is 2.39. The van der Waals surface area contributed by atoms with Crippen molar-refractivity contribution in [3.63, 3.8) is 0 Å². The lowest BCUT2D eigenvalue weighted by atomic mass is 10.1. The molecule has 0 aliphatic carbocycles. The van der Waals surface area contributed by atoms with Gasteiger partial charge in [-0.3, -0.25) is 0 Å². The van der Waals surface area contributed by atoms with Crippen LogP contribution in [0.15, 0.2) is 18.2 Å². The highest BCUT2D eigenvalue weighted by atomic mass is 35.5. The van der Waals surface area contributed by atoms with E-state index in [1.165, 1.54) is 0 Å². The van der Waals surface area contributed by atoms with Crippen molar-refractivity contribution < 1.29 is 9.84 Å². The standard InChI is InChI=1S/C14H22ClNO2/c1-10(2)7-16-8-12-5-4-6-13(15)14(12)18-9-11(3)17/h4-6,10-11,16-17H,7-9H2,1-3H3. The first kappa shape index (κ1) is 15.3. The molecule has 1 aromatic rings. The summed E-state index contributed by atoms with van der Waals surface area (Å²) in [6.07, 6.45) is -0.502. The fourth-order valence-electron chi connectivity index (χ4n) is 1.55. The first-order valence-corrected chi connectivity index (χ1v) is 6.67. The lowest BCUT2D eigenvalue weighted by Crippen LogP contribution is -2.20. The fraction of sp³-hybridized carbons (Fsp3) is 0.571. The van der Waals surface area contributed by atoms with Crippen LogP contribution in [0.3, 0.4) is 0 Å². The minimum atomic E-state index is -0.502. The molecular formula is C14H22ClNO2. The summed E-state index contributed by atoms with van der Waals surface area (Å²) in [5.74, 6) is 1.27. The van der Waals surface area contributed by atoms with Gasteiger partial charge in [-0.1, -0.05) is 37.6 Å². The van der Waals surface area contributed by atoms with Crippen LogP contribution in [0.5, 0.6) is 5.75 Å². The molecule has 0 aliphatic heterocycles. The van der Waals surface area contributed by atoms with Gasteiger partial charge in [0.25, 0.3) is 0 Å². The van der Waals surface area contributed by atoms with Crippen molar-refractivity contribution in [2.75, 3.05) is 13.2 Å². The molecule has 0 spiro atoms. The first-order chi connectivity index (χ1) is 8.50. The van der Waals surface area contributed by atoms with Crippen LogP contribution in [0.4, 0.5) is 0 Å². The molecule has 2 N–H and O–H groups in total. The molecule has 0 fully saturated rings. The third-order valence-corrected chi connectivity index (χ3v) is 2.68. The van der Waals surface area contributed by atoms with Gasteiger partial charge in [0.1, 0.15) is 12.4 Å². The summed E-state index contributed by atoms with van der Waals surface area (Å²) in [5.41, 5.74) is 1.02. The molecule has 3 nitrogen and oxygen atoms in total. The minimum absolute atomic E-state index is 0.251. The monoisotopic (exact) mass is 271 g/mol. The molecular weight excluding hydrogens is 250 g/mol. The molecule has 1 atom stereocenters. The molecule has 0 saturated carbocycles. The molecule has 0 radical (unpaired) electrons. The molecule has 0 bridgehead atoms. The van der Waals surface area contributed by atoms with Crippen LogP contribution in [-0.2, 0) is 6.54 Å². The predicted molar refractivity (Wildman–Crippen MR) is 75.2 cm³/mol. The Kier molecular flexibility index (Phi) is 6.47. The number of halogens is 1. The second-order valence-corrected chi connectivity index (χ2v) is 5.32. The van der Waals surface area contributed by atoms with Crippen molar-refractivity contribution in [2.45, 2.75) is 33.4 Å². The van der Waals surface area contributed by atoms with Gasteiger partial charge in [-0.05, 0) is 25.5 Å². The summed E-state index contributed by atoms with van der Waals surface area (Å²) < 4.78 is 5.56. The van der Waals surface area contributed by atoms with E-state index >= 15 is 0 Å². The maximum absolute atomic E-state index is 9.26. The second-order valence-electron chi connectivity index (χ2n) is 4.91. The van der Waals surface area contributed by atoms with Crippen LogP contribution in [-0.4, -0.2) is 24.4 Å². The number of ether oxygens (including phenoxy) is 1. The summed E-state index contributed by atoms with van der Waals surface area (Å²) in [7, 11) is 0. The fourth-order valence-corrected chi connectivity index (χ4v) is 1.80. The Hall–Kier alpha value is -0.770. The second kappa shape index (κ2) is 7.62. The van der Waals surface area contributed by atoms with Crippen molar-refractivity contribution in [3.05, 3.63) is 28.8 Å². The zero-order valence-electron chi connectivity index (χ0n) is 11.2. The van der Waals surface area contributed by atoms with Gasteiger partial charge in [0.05, 0.1) is 11.1 Å². The van der Waals surface area contributed by atoms with Crippen LogP contribution in [0.2, 0.25) is 5.02 Å². The van der Waals surface area contributed by atoms with E-state index in [-0.39, 0.29) is 6.61 Å². The number of hydrogen-bond acceptors (Lipinski definition) is 3. The van der Waals surface area contributed by atoms with Gasteiger partial charge in [0.2, 0.25) is 0 Å². The Balaban J connectivity index is 2.67. The number of benzene rings is 1. The maximum Gasteiger partial charge on any atom is 0.142 e. The summed E-state index contributed by atoms with van der Waals surface area (Å²) in [5, 5.41) is 13.2. The average Bonchev–Trinajstić information content (AvgIpc) is 2.27. The van der Waals surface area contributed by atoms with E-state index < -0.39 is 6.10 Å². The normalized spacial score (nSPS) is 12.8. The Morgan fingerprint density at radius 3 is 2.67 bits per heavy atom. The van der Waals surface area contributed by atoms with E-state index in [4.69, 9.17) is 16.3 Å². The topological polar surface area (TPSA) is 41.5 Å². The van der Waals surface area contributed by atoms with Gasteiger partial charge in [-0.2, -0.15) is 0 Å². The first-order valence-electron chi connectivity index (χ1n) is 6.29. The van der Waals surface area contributed by atoms with Gasteiger partial charge < -0.3 is 15.2 Å². The number of rotatable bonds is 7. The smallest absolute Gasteiger partial charge is 0.142 e. The average molecular weight is 272 g/mol. The molecule has 1 unspecified atom stereocenters. The van der Waals surface area contributed by atoms with E-state index in [1.54, 1.807) is 13.0 Å². The van der Waals surface area contributed by atoms with Crippen LogP contribution in [0.25, 0.3) is 0 Å². The van der Waals surface area contributed by atoms with Crippen molar-refractivity contribution in [1.82, 2.24) is 5.32 Å². The predicted octanol–water partition coefficient (Wildman–Crippen LogP) is 2.85. The number of aliphatic hydroxyl groups is 1. The van der Waals surface area contributed by atoms with Crippen LogP contribution in [0, 0.1) is 5.92 Å². The zero-order chi connectivity index (χ0) is 13.5. The molecule has 1 rings (SSSR count). The minimum Gasteiger partial charge on any atom is -0.489 e. The molecule has 0 aromatic heterocycles. The van der Waals surface area contributed by atoms with Crippen molar-refractivity contribution in [1.29, 1.82) is 0 Å². The highest BCUT2D eigenvalue weighted by Crippen LogP contribution is 2.28. The quantitative estimate of drug-likeness (QED) is 0.801. The molecule has 102 valence electrons. The van der Waals surface area contributed by atoms with Crippen molar-refractivity contribution in [2.24, 2.45) is 5.92 Å². The number of hydrogen-bond donors (Lipinski definition) is 2. The lowest BCUT2D eigenvalue weighted by Gasteiger charge is -2.15. The van der Waals surface area contributed by atoms with Crippen molar-refractivity contribution >= 4 is 11.6 Å². The van der Waals surface area contributed by atoms with Crippen LogP contribution >= 0.6 is 11.6 Å². The number of para-hydroxylation sites is 1. The Morgan fingerprint density at radius 2 is 2.06 bits per heavy atom. The Labute approximate surface area is 114 Å². The SMILES string of the molecule is CC(C)CNCc1cccc(Cl)c1OCC(C)O. The van der Waals surface area contributed by atoms with Crippen LogP contribution in [0.1, 0.15) is 26.3 Å². The number of aliphatic hydroxyl groups excluding tert-OH is 1. The highest BCUT2D eigenvalue weighted by Gasteiger charge is 2.09. The molecule has 0 saturated heterocycles. The number of nitrogens with one attached hydrogen (secondary N) is 1. The van der Waals surface area contributed by atoms with E-state index in [9.17, 15) is 5.11 Å². The van der Waals surface area contributed by atoms with E-state index in [2.05, 4.69) is 19.2 Å². The highest BCUT2D eigenvalue weighted by molar-refractivity contribution is 6.32. The molecule has 1 aromatic carbocycles. The summed E-state index contributed by atoms with van der Waals surface area (Å²) >= 11 is 6.12. The van der Waals surface area contributed by atoms with Crippen LogP contribution < -0.4 is 10.1 Å². The van der Waals surface area contributed by atoms with Gasteiger partial charge in [-0.15, -0.1) is 0 Å². The zero-order valence-corrected chi connectivity index (χ0v) is 12.0. The van der Waals surface area contributed by atoms with Crippen molar-refractivity contribution in [3.8, 4) is 5.75 Å². The summed E-state index contributed by atoms with van der Waals surface area (Å²) in [6, 6.07) is 5.69. The summed E-state index contributed by atoms with van der Waals surface area (Å²) in [6.45, 7) is 7.93. The van der Waals surface area contributed by atoms with E-state index in [0.29, 0.717) is 23.2 Å². The Morgan fingerprint density at radius 1 is 1.33 bits per heavy atom. The van der Waals surface area contributed by atoms with Gasteiger partial charge in [-0.25, -0.2) is 0 Å². The largest absolute Gasteiger partial charge is 0.489 e. The lowest BCUT2D eigenvalue weighted by molar-refractivity contribution is 0.122. The molecule has 4 heteroatoms. The Bertz CT molecular complexity index is 367.